The molecular weight excluding hydrogens is 366 g/mol. The lowest BCUT2D eigenvalue weighted by atomic mass is 10.1. The van der Waals surface area contributed by atoms with Gasteiger partial charge in [-0.15, -0.1) is 0 Å². The quantitative estimate of drug-likeness (QED) is 0.488. The number of ether oxygens (including phenoxy) is 1. The molecule has 0 aliphatic carbocycles. The van der Waals surface area contributed by atoms with E-state index in [9.17, 15) is 4.79 Å². The lowest BCUT2D eigenvalue weighted by Gasteiger charge is -2.32. The van der Waals surface area contributed by atoms with Crippen molar-refractivity contribution in [2.75, 3.05) is 46.9 Å². The summed E-state index contributed by atoms with van der Waals surface area (Å²) in [5, 5.41) is 6.94. The van der Waals surface area contributed by atoms with Crippen LogP contribution in [0.25, 0.3) is 0 Å². The fourth-order valence-electron chi connectivity index (χ4n) is 3.31. The third kappa shape index (κ3) is 8.31. The zero-order valence-corrected chi connectivity index (χ0v) is 18.4. The second-order valence-corrected chi connectivity index (χ2v) is 7.68. The predicted molar refractivity (Wildman–Crippen MR) is 118 cm³/mol. The first-order chi connectivity index (χ1) is 14.0. The molecule has 1 aliphatic rings. The minimum absolute atomic E-state index is 0.0423. The maximum Gasteiger partial charge on any atom is 0.259 e. The van der Waals surface area contributed by atoms with E-state index in [1.807, 2.05) is 24.3 Å². The lowest BCUT2D eigenvalue weighted by Crippen LogP contribution is -2.48. The highest BCUT2D eigenvalue weighted by molar-refractivity contribution is 5.80. The van der Waals surface area contributed by atoms with Crippen LogP contribution in [0.4, 0.5) is 0 Å². The number of carbonyl (C=O) groups excluding carboxylic acids is 1. The summed E-state index contributed by atoms with van der Waals surface area (Å²) in [5.41, 5.74) is 1.05. The largest absolute Gasteiger partial charge is 0.484 e. The normalized spacial score (nSPS) is 15.8. The van der Waals surface area contributed by atoms with Crippen molar-refractivity contribution in [3.8, 4) is 5.75 Å². The zero-order chi connectivity index (χ0) is 21.1. The minimum Gasteiger partial charge on any atom is -0.484 e. The number of nitrogens with one attached hydrogen (secondary N) is 2. The number of rotatable bonds is 9. The number of guanidine groups is 1. The molecule has 0 bridgehead atoms. The van der Waals surface area contributed by atoms with Crippen LogP contribution in [-0.2, 0) is 11.3 Å². The van der Waals surface area contributed by atoms with Crippen LogP contribution in [0.1, 0.15) is 38.7 Å². The number of hydrogen-bond donors (Lipinski definition) is 2. The molecule has 1 heterocycles. The number of likely N-dealkylation sites (tertiary alicyclic amines) is 1. The van der Waals surface area contributed by atoms with E-state index in [0.717, 1.165) is 44.0 Å². The van der Waals surface area contributed by atoms with E-state index in [4.69, 9.17) is 9.73 Å². The van der Waals surface area contributed by atoms with E-state index in [1.54, 1.807) is 14.1 Å². The van der Waals surface area contributed by atoms with Gasteiger partial charge in [0.05, 0.1) is 6.54 Å². The van der Waals surface area contributed by atoms with E-state index < -0.39 is 0 Å². The minimum atomic E-state index is -0.0583. The van der Waals surface area contributed by atoms with Crippen LogP contribution < -0.4 is 15.4 Å². The molecule has 1 aliphatic heterocycles. The van der Waals surface area contributed by atoms with Crippen molar-refractivity contribution in [3.05, 3.63) is 29.8 Å². The predicted octanol–water partition coefficient (Wildman–Crippen LogP) is 2.08. The van der Waals surface area contributed by atoms with Gasteiger partial charge in [0.2, 0.25) is 0 Å². The molecule has 7 nitrogen and oxygen atoms in total. The molecule has 29 heavy (non-hydrogen) atoms. The average molecular weight is 404 g/mol. The fraction of sp³-hybridized carbons (Fsp3) is 0.636. The molecule has 0 radical (unpaired) electrons. The highest BCUT2D eigenvalue weighted by Gasteiger charge is 2.19. The van der Waals surface area contributed by atoms with E-state index in [2.05, 4.69) is 29.4 Å². The van der Waals surface area contributed by atoms with Crippen LogP contribution in [0.2, 0.25) is 0 Å². The molecule has 2 rings (SSSR count). The number of carbonyl (C=O) groups is 1. The van der Waals surface area contributed by atoms with Gasteiger partial charge < -0.3 is 25.2 Å². The Hall–Kier alpha value is -2.28. The van der Waals surface area contributed by atoms with Crippen molar-refractivity contribution in [2.24, 2.45) is 4.99 Å². The van der Waals surface area contributed by atoms with Crippen molar-refractivity contribution in [1.82, 2.24) is 20.4 Å². The Morgan fingerprint density at radius 3 is 2.69 bits per heavy atom. The number of amides is 1. The standard InChI is InChI=1S/C22H37N5O2/c1-5-12-27-13-10-19(11-14-27)25-22(23-6-2)24-16-18-8-7-9-20(15-18)29-17-21(28)26(3)4/h7-9,15,19H,5-6,10-14,16-17H2,1-4H3,(H2,23,24,25). The average Bonchev–Trinajstić information content (AvgIpc) is 2.72. The number of nitrogens with zero attached hydrogens (tertiary/aromatic N) is 3. The molecule has 0 saturated carbocycles. The number of aliphatic imine (C=N–C) groups is 1. The third-order valence-electron chi connectivity index (χ3n) is 4.99. The molecule has 1 fully saturated rings. The molecule has 1 aromatic carbocycles. The van der Waals surface area contributed by atoms with Crippen LogP contribution in [0.15, 0.2) is 29.3 Å². The van der Waals surface area contributed by atoms with Crippen LogP contribution >= 0.6 is 0 Å². The van der Waals surface area contributed by atoms with Gasteiger partial charge in [-0.25, -0.2) is 4.99 Å². The van der Waals surface area contributed by atoms with Crippen molar-refractivity contribution in [1.29, 1.82) is 0 Å². The van der Waals surface area contributed by atoms with Crippen LogP contribution in [-0.4, -0.2) is 74.6 Å². The van der Waals surface area contributed by atoms with Gasteiger partial charge in [0, 0.05) is 39.8 Å². The molecule has 0 spiro atoms. The Balaban J connectivity index is 1.89. The van der Waals surface area contributed by atoms with Gasteiger partial charge in [-0.2, -0.15) is 0 Å². The molecule has 1 saturated heterocycles. The highest BCUT2D eigenvalue weighted by atomic mass is 16.5. The summed E-state index contributed by atoms with van der Waals surface area (Å²) in [7, 11) is 3.44. The fourth-order valence-corrected chi connectivity index (χ4v) is 3.31. The molecule has 2 N–H and O–H groups in total. The lowest BCUT2D eigenvalue weighted by molar-refractivity contribution is -0.130. The van der Waals surface area contributed by atoms with Gasteiger partial charge >= 0.3 is 0 Å². The van der Waals surface area contributed by atoms with Crippen molar-refractivity contribution in [2.45, 2.75) is 45.7 Å². The maximum absolute atomic E-state index is 11.7. The summed E-state index contributed by atoms with van der Waals surface area (Å²) < 4.78 is 5.60. The van der Waals surface area contributed by atoms with Crippen LogP contribution in [0.5, 0.6) is 5.75 Å². The van der Waals surface area contributed by atoms with E-state index >= 15 is 0 Å². The summed E-state index contributed by atoms with van der Waals surface area (Å²) >= 11 is 0. The number of hydrogen-bond acceptors (Lipinski definition) is 4. The summed E-state index contributed by atoms with van der Waals surface area (Å²) in [4.78, 5) is 20.5. The van der Waals surface area contributed by atoms with Gasteiger partial charge in [0.25, 0.3) is 5.91 Å². The molecule has 0 atom stereocenters. The monoisotopic (exact) mass is 403 g/mol. The SMILES string of the molecule is CCCN1CCC(NC(=NCc2cccc(OCC(=O)N(C)C)c2)NCC)CC1. The summed E-state index contributed by atoms with van der Waals surface area (Å²) in [6, 6.07) is 8.23. The molecule has 1 aromatic rings. The Labute approximate surface area is 175 Å². The Bertz CT molecular complexity index is 654. The molecular formula is C22H37N5O2. The van der Waals surface area contributed by atoms with Crippen molar-refractivity contribution in [3.63, 3.8) is 0 Å². The van der Waals surface area contributed by atoms with Crippen molar-refractivity contribution >= 4 is 11.9 Å². The summed E-state index contributed by atoms with van der Waals surface area (Å²) in [5.74, 6) is 1.49. The van der Waals surface area contributed by atoms with Gasteiger partial charge in [0.15, 0.2) is 12.6 Å². The maximum atomic E-state index is 11.7. The second-order valence-electron chi connectivity index (χ2n) is 7.68. The first-order valence-corrected chi connectivity index (χ1v) is 10.7. The number of benzene rings is 1. The molecule has 0 aromatic heterocycles. The first-order valence-electron chi connectivity index (χ1n) is 10.7. The topological polar surface area (TPSA) is 69.2 Å². The molecule has 162 valence electrons. The number of piperidine rings is 1. The third-order valence-corrected chi connectivity index (χ3v) is 4.99. The van der Waals surface area contributed by atoms with Crippen LogP contribution in [0.3, 0.4) is 0 Å². The first kappa shape index (κ1) is 23.0. The summed E-state index contributed by atoms with van der Waals surface area (Å²) in [6.45, 7) is 9.24. The van der Waals surface area contributed by atoms with Crippen LogP contribution in [0, 0.1) is 0 Å². The van der Waals surface area contributed by atoms with E-state index in [1.165, 1.54) is 17.9 Å². The highest BCUT2D eigenvalue weighted by Crippen LogP contribution is 2.15. The molecule has 1 amide bonds. The molecule has 0 unspecified atom stereocenters. The summed E-state index contributed by atoms with van der Waals surface area (Å²) in [6.07, 6.45) is 3.51. The van der Waals surface area contributed by atoms with E-state index in [-0.39, 0.29) is 12.5 Å². The Morgan fingerprint density at radius 2 is 2.03 bits per heavy atom. The zero-order valence-electron chi connectivity index (χ0n) is 18.4. The molecule has 7 heteroatoms. The van der Waals surface area contributed by atoms with Gasteiger partial charge in [0.1, 0.15) is 5.75 Å². The van der Waals surface area contributed by atoms with Crippen molar-refractivity contribution < 1.29 is 9.53 Å². The van der Waals surface area contributed by atoms with E-state index in [0.29, 0.717) is 18.3 Å². The van der Waals surface area contributed by atoms with Gasteiger partial charge in [-0.3, -0.25) is 4.79 Å². The Morgan fingerprint density at radius 1 is 1.28 bits per heavy atom. The van der Waals surface area contributed by atoms with Gasteiger partial charge in [-0.05, 0) is 50.4 Å². The smallest absolute Gasteiger partial charge is 0.259 e. The van der Waals surface area contributed by atoms with Gasteiger partial charge in [-0.1, -0.05) is 19.1 Å². The second kappa shape index (κ2) is 12.3. The number of likely N-dealkylation sites (N-methyl/N-ethyl adjacent to an activating group) is 1. The Kier molecular flexibility index (Phi) is 9.77.